The van der Waals surface area contributed by atoms with Crippen molar-refractivity contribution in [1.82, 2.24) is 10.1 Å². The van der Waals surface area contributed by atoms with Gasteiger partial charge >= 0.3 is 5.97 Å². The molecule has 1 unspecified atom stereocenters. The molecular weight excluding hydrogens is 278 g/mol. The molecule has 106 valence electrons. The summed E-state index contributed by atoms with van der Waals surface area (Å²) in [4.78, 5) is 15.4. The maximum Gasteiger partial charge on any atom is 0.323 e. The lowest BCUT2D eigenvalue weighted by Gasteiger charge is -2.06. The van der Waals surface area contributed by atoms with Crippen LogP contribution in [0.15, 0.2) is 34.9 Å². The second-order valence-electron chi connectivity index (χ2n) is 4.02. The van der Waals surface area contributed by atoms with E-state index in [0.717, 1.165) is 5.56 Å². The standard InChI is InChI=1S/C13H15N3O3S/c1-18-13(17)10(14)7-20-8-11-15-12(16-19-11)9-5-3-2-4-6-9/h2-6,10H,7-8,14H2,1H3. The van der Waals surface area contributed by atoms with Crippen LogP contribution in [0.2, 0.25) is 0 Å². The van der Waals surface area contributed by atoms with Crippen molar-refractivity contribution >= 4 is 17.7 Å². The quantitative estimate of drug-likeness (QED) is 0.806. The van der Waals surface area contributed by atoms with Crippen LogP contribution in [-0.4, -0.2) is 35.0 Å². The van der Waals surface area contributed by atoms with Crippen molar-refractivity contribution in [2.75, 3.05) is 12.9 Å². The molecule has 0 aliphatic rings. The Kier molecular flexibility index (Phi) is 5.14. The minimum absolute atomic E-state index is 0.423. The smallest absolute Gasteiger partial charge is 0.323 e. The molecule has 0 saturated heterocycles. The fourth-order valence-electron chi connectivity index (χ4n) is 1.51. The van der Waals surface area contributed by atoms with Gasteiger partial charge in [0.25, 0.3) is 0 Å². The lowest BCUT2D eigenvalue weighted by Crippen LogP contribution is -2.33. The highest BCUT2D eigenvalue weighted by Gasteiger charge is 2.14. The Bertz CT molecular complexity index is 559. The van der Waals surface area contributed by atoms with Crippen LogP contribution >= 0.6 is 11.8 Å². The monoisotopic (exact) mass is 293 g/mol. The third kappa shape index (κ3) is 3.82. The number of nitrogens with two attached hydrogens (primary N) is 1. The molecule has 2 rings (SSSR count). The van der Waals surface area contributed by atoms with E-state index in [9.17, 15) is 4.79 Å². The molecule has 0 saturated carbocycles. The number of thioether (sulfide) groups is 1. The first kappa shape index (κ1) is 14.5. The molecule has 1 heterocycles. The third-order valence-corrected chi connectivity index (χ3v) is 3.57. The van der Waals surface area contributed by atoms with Crippen LogP contribution in [0.1, 0.15) is 5.89 Å². The van der Waals surface area contributed by atoms with Crippen molar-refractivity contribution in [3.05, 3.63) is 36.2 Å². The average Bonchev–Trinajstić information content (AvgIpc) is 2.96. The van der Waals surface area contributed by atoms with Crippen molar-refractivity contribution in [3.63, 3.8) is 0 Å². The molecule has 0 spiro atoms. The molecule has 20 heavy (non-hydrogen) atoms. The van der Waals surface area contributed by atoms with Gasteiger partial charge in [-0.2, -0.15) is 4.98 Å². The zero-order chi connectivity index (χ0) is 14.4. The van der Waals surface area contributed by atoms with Gasteiger partial charge in [-0.3, -0.25) is 4.79 Å². The highest BCUT2D eigenvalue weighted by Crippen LogP contribution is 2.17. The van der Waals surface area contributed by atoms with E-state index in [-0.39, 0.29) is 0 Å². The van der Waals surface area contributed by atoms with Crippen molar-refractivity contribution in [1.29, 1.82) is 0 Å². The minimum Gasteiger partial charge on any atom is -0.468 e. The number of aromatic nitrogens is 2. The van der Waals surface area contributed by atoms with E-state index in [0.29, 0.717) is 23.2 Å². The Hall–Kier alpha value is -1.86. The van der Waals surface area contributed by atoms with Gasteiger partial charge in [0, 0.05) is 11.3 Å². The summed E-state index contributed by atoms with van der Waals surface area (Å²) in [5.74, 6) is 1.58. The van der Waals surface area contributed by atoms with E-state index in [1.807, 2.05) is 30.3 Å². The third-order valence-electron chi connectivity index (χ3n) is 2.53. The van der Waals surface area contributed by atoms with Crippen LogP contribution < -0.4 is 5.73 Å². The number of methoxy groups -OCH3 is 1. The van der Waals surface area contributed by atoms with E-state index in [4.69, 9.17) is 10.3 Å². The maximum absolute atomic E-state index is 11.1. The molecule has 7 heteroatoms. The van der Waals surface area contributed by atoms with Gasteiger partial charge < -0.3 is 15.0 Å². The van der Waals surface area contributed by atoms with Gasteiger partial charge in [0.2, 0.25) is 11.7 Å². The van der Waals surface area contributed by atoms with Crippen molar-refractivity contribution in [2.24, 2.45) is 5.73 Å². The lowest BCUT2D eigenvalue weighted by atomic mass is 10.2. The summed E-state index contributed by atoms with van der Waals surface area (Å²) in [6.45, 7) is 0. The number of carbonyl (C=O) groups is 1. The van der Waals surface area contributed by atoms with Crippen LogP contribution in [0.25, 0.3) is 11.4 Å². The highest BCUT2D eigenvalue weighted by atomic mass is 32.2. The summed E-state index contributed by atoms with van der Waals surface area (Å²) >= 11 is 1.44. The molecule has 6 nitrogen and oxygen atoms in total. The molecule has 0 fully saturated rings. The summed E-state index contributed by atoms with van der Waals surface area (Å²) in [5, 5.41) is 3.91. The molecule has 0 bridgehead atoms. The SMILES string of the molecule is COC(=O)C(N)CSCc1nc(-c2ccccc2)no1. The Morgan fingerprint density at radius 3 is 2.90 bits per heavy atom. The van der Waals surface area contributed by atoms with Crippen LogP contribution in [0.4, 0.5) is 0 Å². The number of benzene rings is 1. The maximum atomic E-state index is 11.1. The summed E-state index contributed by atoms with van der Waals surface area (Å²) < 4.78 is 9.70. The summed E-state index contributed by atoms with van der Waals surface area (Å²) in [5.41, 5.74) is 6.53. The predicted octanol–water partition coefficient (Wildman–Crippen LogP) is 1.47. The molecule has 0 aliphatic heterocycles. The number of hydrogen-bond donors (Lipinski definition) is 1. The Balaban J connectivity index is 1.86. The van der Waals surface area contributed by atoms with E-state index >= 15 is 0 Å². The second kappa shape index (κ2) is 7.06. The number of hydrogen-bond acceptors (Lipinski definition) is 7. The first-order valence-electron chi connectivity index (χ1n) is 6.00. The van der Waals surface area contributed by atoms with Gasteiger partial charge in [-0.1, -0.05) is 35.5 Å². The molecular formula is C13H15N3O3S. The molecule has 1 atom stereocenters. The Morgan fingerprint density at radius 1 is 1.45 bits per heavy atom. The van der Waals surface area contributed by atoms with Crippen molar-refractivity contribution in [3.8, 4) is 11.4 Å². The number of carbonyl (C=O) groups excluding carboxylic acids is 1. The van der Waals surface area contributed by atoms with Crippen molar-refractivity contribution < 1.29 is 14.1 Å². The summed E-state index contributed by atoms with van der Waals surface area (Å²) in [6, 6.07) is 8.94. The van der Waals surface area contributed by atoms with Gasteiger partial charge in [-0.25, -0.2) is 0 Å². The zero-order valence-electron chi connectivity index (χ0n) is 11.0. The molecule has 1 aromatic heterocycles. The van der Waals surface area contributed by atoms with Crippen LogP contribution in [-0.2, 0) is 15.3 Å². The van der Waals surface area contributed by atoms with Gasteiger partial charge in [-0.05, 0) is 0 Å². The number of nitrogens with zero attached hydrogens (tertiary/aromatic N) is 2. The normalized spacial score (nSPS) is 12.1. The first-order chi connectivity index (χ1) is 9.70. The molecule has 0 aliphatic carbocycles. The topological polar surface area (TPSA) is 91.2 Å². The number of rotatable bonds is 6. The minimum atomic E-state index is -0.637. The van der Waals surface area contributed by atoms with Gasteiger partial charge in [0.1, 0.15) is 6.04 Å². The molecule has 0 radical (unpaired) electrons. The van der Waals surface area contributed by atoms with Gasteiger partial charge in [-0.15, -0.1) is 11.8 Å². The summed E-state index contributed by atoms with van der Waals surface area (Å²) in [7, 11) is 1.32. The highest BCUT2D eigenvalue weighted by molar-refractivity contribution is 7.98. The largest absolute Gasteiger partial charge is 0.468 e. The Labute approximate surface area is 120 Å². The predicted molar refractivity (Wildman–Crippen MR) is 75.9 cm³/mol. The molecule has 1 aromatic carbocycles. The fourth-order valence-corrected chi connectivity index (χ4v) is 2.31. The summed E-state index contributed by atoms with van der Waals surface area (Å²) in [6.07, 6.45) is 0. The van der Waals surface area contributed by atoms with Crippen LogP contribution in [0.5, 0.6) is 0 Å². The molecule has 2 aromatic rings. The van der Waals surface area contributed by atoms with Gasteiger partial charge in [0.15, 0.2) is 0 Å². The van der Waals surface area contributed by atoms with E-state index < -0.39 is 12.0 Å². The number of ether oxygens (including phenoxy) is 1. The average molecular weight is 293 g/mol. The van der Waals surface area contributed by atoms with E-state index in [1.54, 1.807) is 0 Å². The van der Waals surface area contributed by atoms with Crippen molar-refractivity contribution in [2.45, 2.75) is 11.8 Å². The fraction of sp³-hybridized carbons (Fsp3) is 0.308. The van der Waals surface area contributed by atoms with Gasteiger partial charge in [0.05, 0.1) is 12.9 Å². The van der Waals surface area contributed by atoms with Crippen LogP contribution in [0, 0.1) is 0 Å². The van der Waals surface area contributed by atoms with E-state index in [2.05, 4.69) is 14.9 Å². The Morgan fingerprint density at radius 2 is 2.20 bits per heavy atom. The number of esters is 1. The second-order valence-corrected chi connectivity index (χ2v) is 5.05. The molecule has 0 amide bonds. The molecule has 2 N–H and O–H groups in total. The van der Waals surface area contributed by atoms with E-state index in [1.165, 1.54) is 18.9 Å². The lowest BCUT2D eigenvalue weighted by molar-refractivity contribution is -0.141. The zero-order valence-corrected chi connectivity index (χ0v) is 11.8. The first-order valence-corrected chi connectivity index (χ1v) is 7.15. The van der Waals surface area contributed by atoms with Crippen LogP contribution in [0.3, 0.4) is 0 Å².